The van der Waals surface area contributed by atoms with E-state index in [0.29, 0.717) is 17.3 Å². The van der Waals surface area contributed by atoms with E-state index >= 15 is 0 Å². The Kier molecular flexibility index (Phi) is 5.17. The third kappa shape index (κ3) is 3.54. The van der Waals surface area contributed by atoms with Crippen LogP contribution in [-0.2, 0) is 9.53 Å². The third-order valence-electron chi connectivity index (χ3n) is 3.10. The van der Waals surface area contributed by atoms with Crippen molar-refractivity contribution < 1.29 is 14.6 Å². The molecule has 1 heterocycles. The van der Waals surface area contributed by atoms with Gasteiger partial charge in [0.2, 0.25) is 0 Å². The molecule has 0 saturated carbocycles. The predicted octanol–water partition coefficient (Wildman–Crippen LogP) is 0.533. The number of aliphatic hydroxyl groups excluding tert-OH is 1. The van der Waals surface area contributed by atoms with Crippen molar-refractivity contribution in [1.29, 1.82) is 0 Å². The molecule has 0 spiro atoms. The molecule has 0 unspecified atom stereocenters. The average Bonchev–Trinajstić information content (AvgIpc) is 2.59. The average molecular weight is 306 g/mol. The molecule has 5 heteroatoms. The first-order valence-corrected chi connectivity index (χ1v) is 6.87. The number of nitrogens with zero attached hydrogens (tertiary/aromatic N) is 1. The molecule has 4 nitrogen and oxygen atoms in total. The van der Waals surface area contributed by atoms with Crippen molar-refractivity contribution in [2.45, 2.75) is 46.3 Å². The van der Waals surface area contributed by atoms with Gasteiger partial charge in [0.25, 0.3) is 0 Å². The summed E-state index contributed by atoms with van der Waals surface area (Å²) in [6, 6.07) is 0.0677. The molecule has 2 atom stereocenters. The van der Waals surface area contributed by atoms with Crippen LogP contribution in [0.25, 0.3) is 0 Å². The van der Waals surface area contributed by atoms with Gasteiger partial charge in [0, 0.05) is 0 Å². The van der Waals surface area contributed by atoms with Gasteiger partial charge in [-0.15, -0.1) is 0 Å². The summed E-state index contributed by atoms with van der Waals surface area (Å²) >= 11 is 2.78. The van der Waals surface area contributed by atoms with Crippen molar-refractivity contribution in [3.63, 3.8) is 0 Å². The molecule has 1 aliphatic rings. The van der Waals surface area contributed by atoms with E-state index in [1.54, 1.807) is 4.90 Å². The van der Waals surface area contributed by atoms with Gasteiger partial charge in [0.05, 0.1) is 0 Å². The van der Waals surface area contributed by atoms with Gasteiger partial charge < -0.3 is 0 Å². The summed E-state index contributed by atoms with van der Waals surface area (Å²) in [5, 5.41) is 9.76. The standard InChI is InChI=1S/C12H21NO3Se/c1-7(2)9-6-16-12(17)13(9)11(15)5-10(14)8(3)4/h7-10,14H,5-6H2,1-4H3/t9-,10+/m1/s1. The molecule has 1 rings (SSSR count). The Morgan fingerprint density at radius 1 is 1.53 bits per heavy atom. The SMILES string of the molecule is CC(C)[C@H]1COC(=[Se])N1C(=O)C[C@H](O)C(C)C. The molecule has 1 saturated heterocycles. The van der Waals surface area contributed by atoms with Crippen LogP contribution in [0.4, 0.5) is 0 Å². The number of amides is 1. The molecular weight excluding hydrogens is 285 g/mol. The summed E-state index contributed by atoms with van der Waals surface area (Å²) in [7, 11) is 0. The van der Waals surface area contributed by atoms with Crippen molar-refractivity contribution >= 4 is 26.2 Å². The minimum absolute atomic E-state index is 0.0677. The second kappa shape index (κ2) is 5.98. The molecule has 1 aliphatic heterocycles. The summed E-state index contributed by atoms with van der Waals surface area (Å²) in [5.41, 5.74) is 0. The van der Waals surface area contributed by atoms with Crippen molar-refractivity contribution in [3.05, 3.63) is 0 Å². The fraction of sp³-hybridized carbons (Fsp3) is 0.833. The first kappa shape index (κ1) is 14.7. The number of hydrogen-bond acceptors (Lipinski definition) is 3. The molecule has 0 aromatic heterocycles. The maximum atomic E-state index is 12.1. The molecule has 17 heavy (non-hydrogen) atoms. The van der Waals surface area contributed by atoms with Crippen LogP contribution in [0.2, 0.25) is 0 Å². The molecule has 98 valence electrons. The molecule has 0 aliphatic carbocycles. The van der Waals surface area contributed by atoms with Crippen LogP contribution in [0.5, 0.6) is 0 Å². The maximum absolute atomic E-state index is 12.1. The van der Waals surface area contributed by atoms with Crippen molar-refractivity contribution in [3.8, 4) is 0 Å². The van der Waals surface area contributed by atoms with Gasteiger partial charge in [-0.1, -0.05) is 0 Å². The molecular formula is C12H21NO3Se. The van der Waals surface area contributed by atoms with Gasteiger partial charge in [-0.25, -0.2) is 0 Å². The van der Waals surface area contributed by atoms with Gasteiger partial charge in [-0.05, 0) is 0 Å². The third-order valence-corrected chi connectivity index (χ3v) is 3.76. The van der Waals surface area contributed by atoms with Crippen LogP contribution >= 0.6 is 0 Å². The Bertz CT molecular complexity index is 304. The number of rotatable bonds is 4. The van der Waals surface area contributed by atoms with Crippen molar-refractivity contribution in [2.24, 2.45) is 11.8 Å². The molecule has 0 aromatic rings. The topological polar surface area (TPSA) is 49.8 Å². The minimum atomic E-state index is -0.594. The Balaban J connectivity index is 2.69. The quantitative estimate of drug-likeness (QED) is 0.771. The normalized spacial score (nSPS) is 22.2. The zero-order valence-corrected chi connectivity index (χ0v) is 12.6. The number of aliphatic hydroxyl groups is 1. The van der Waals surface area contributed by atoms with E-state index in [-0.39, 0.29) is 24.3 Å². The number of carbonyl (C=O) groups excluding carboxylic acids is 1. The second-order valence-electron chi connectivity index (χ2n) is 5.17. The molecule has 1 fully saturated rings. The Morgan fingerprint density at radius 2 is 2.12 bits per heavy atom. The van der Waals surface area contributed by atoms with Gasteiger partial charge in [0.1, 0.15) is 0 Å². The summed E-state index contributed by atoms with van der Waals surface area (Å²) < 4.78 is 5.92. The first-order chi connectivity index (χ1) is 7.84. The zero-order valence-electron chi connectivity index (χ0n) is 10.8. The van der Waals surface area contributed by atoms with Crippen LogP contribution in [-0.4, -0.2) is 55.0 Å². The number of carbonyl (C=O) groups is 1. The van der Waals surface area contributed by atoms with Crippen LogP contribution in [0.1, 0.15) is 34.1 Å². The van der Waals surface area contributed by atoms with Gasteiger partial charge in [-0.3, -0.25) is 0 Å². The Hall–Kier alpha value is -0.381. The summed E-state index contributed by atoms with van der Waals surface area (Å²) in [4.78, 5) is 13.8. The number of hydrogen-bond donors (Lipinski definition) is 1. The van der Waals surface area contributed by atoms with E-state index in [9.17, 15) is 9.90 Å². The number of ether oxygens (including phenoxy) is 1. The van der Waals surface area contributed by atoms with Crippen molar-refractivity contribution in [2.75, 3.05) is 6.61 Å². The van der Waals surface area contributed by atoms with Gasteiger partial charge >= 0.3 is 110 Å². The molecule has 1 amide bonds. The van der Waals surface area contributed by atoms with Crippen LogP contribution < -0.4 is 0 Å². The molecule has 0 radical (unpaired) electrons. The van der Waals surface area contributed by atoms with Gasteiger partial charge in [-0.2, -0.15) is 0 Å². The monoisotopic (exact) mass is 307 g/mol. The van der Waals surface area contributed by atoms with E-state index in [1.165, 1.54) is 0 Å². The zero-order chi connectivity index (χ0) is 13.2. The first-order valence-electron chi connectivity index (χ1n) is 6.01. The summed E-state index contributed by atoms with van der Waals surface area (Å²) in [5.74, 6) is 0.349. The van der Waals surface area contributed by atoms with E-state index in [4.69, 9.17) is 4.74 Å². The van der Waals surface area contributed by atoms with Crippen molar-refractivity contribution in [1.82, 2.24) is 4.90 Å². The van der Waals surface area contributed by atoms with Gasteiger partial charge in [0.15, 0.2) is 0 Å². The fourth-order valence-corrected chi connectivity index (χ4v) is 2.37. The second-order valence-corrected chi connectivity index (χ2v) is 5.90. The van der Waals surface area contributed by atoms with E-state index < -0.39 is 6.10 Å². The summed E-state index contributed by atoms with van der Waals surface area (Å²) in [6.45, 7) is 8.46. The Labute approximate surface area is 111 Å². The predicted molar refractivity (Wildman–Crippen MR) is 67.6 cm³/mol. The summed E-state index contributed by atoms with van der Waals surface area (Å²) in [6.07, 6.45) is -0.446. The Morgan fingerprint density at radius 3 is 2.59 bits per heavy atom. The van der Waals surface area contributed by atoms with E-state index in [2.05, 4.69) is 29.4 Å². The van der Waals surface area contributed by atoms with Crippen LogP contribution in [0.3, 0.4) is 0 Å². The van der Waals surface area contributed by atoms with E-state index in [0.717, 1.165) is 0 Å². The molecule has 0 bridgehead atoms. The fourth-order valence-electron chi connectivity index (χ4n) is 1.73. The van der Waals surface area contributed by atoms with Crippen LogP contribution in [0, 0.1) is 11.8 Å². The van der Waals surface area contributed by atoms with Crippen LogP contribution in [0.15, 0.2) is 0 Å². The molecule has 1 N–H and O–H groups in total. The van der Waals surface area contributed by atoms with E-state index in [1.807, 2.05) is 13.8 Å². The molecule has 0 aromatic carbocycles.